The Labute approximate surface area is 166 Å². The van der Waals surface area contributed by atoms with Gasteiger partial charge in [-0.3, -0.25) is 0 Å². The molecule has 5 heteroatoms. The SMILES string of the molecule is CN1CCC(OCc2ccc(CNc3cccc4c(N)nccc34)cc2)CC1. The molecule has 1 aromatic heterocycles. The van der Waals surface area contributed by atoms with E-state index in [0.29, 0.717) is 18.5 Å². The second-order valence-corrected chi connectivity index (χ2v) is 7.58. The number of fused-ring (bicyclic) bond motifs is 1. The van der Waals surface area contributed by atoms with Crippen LogP contribution in [-0.4, -0.2) is 36.1 Å². The van der Waals surface area contributed by atoms with Crippen molar-refractivity contribution < 1.29 is 4.74 Å². The highest BCUT2D eigenvalue weighted by Gasteiger charge is 2.16. The largest absolute Gasteiger partial charge is 0.383 e. The Morgan fingerprint density at radius 2 is 1.79 bits per heavy atom. The zero-order valence-electron chi connectivity index (χ0n) is 16.4. The highest BCUT2D eigenvalue weighted by atomic mass is 16.5. The molecule has 0 atom stereocenters. The number of nitrogens with zero attached hydrogens (tertiary/aromatic N) is 2. The van der Waals surface area contributed by atoms with E-state index in [-0.39, 0.29) is 0 Å². The number of hydrogen-bond acceptors (Lipinski definition) is 5. The monoisotopic (exact) mass is 376 g/mol. The van der Waals surface area contributed by atoms with Crippen LogP contribution in [0.15, 0.2) is 54.7 Å². The van der Waals surface area contributed by atoms with Crippen LogP contribution >= 0.6 is 0 Å². The number of ether oxygens (including phenoxy) is 1. The van der Waals surface area contributed by atoms with Gasteiger partial charge < -0.3 is 20.7 Å². The summed E-state index contributed by atoms with van der Waals surface area (Å²) in [5.74, 6) is 0.565. The molecule has 0 amide bonds. The normalized spacial score (nSPS) is 15.8. The Bertz CT molecular complexity index is 918. The van der Waals surface area contributed by atoms with Gasteiger partial charge in [-0.15, -0.1) is 0 Å². The van der Waals surface area contributed by atoms with Crippen molar-refractivity contribution >= 4 is 22.3 Å². The van der Waals surface area contributed by atoms with E-state index in [4.69, 9.17) is 10.5 Å². The first-order valence-electron chi connectivity index (χ1n) is 9.94. The van der Waals surface area contributed by atoms with Gasteiger partial charge in [0.15, 0.2) is 0 Å². The number of rotatable bonds is 6. The highest BCUT2D eigenvalue weighted by Crippen LogP contribution is 2.26. The lowest BCUT2D eigenvalue weighted by Crippen LogP contribution is -2.34. The van der Waals surface area contributed by atoms with Gasteiger partial charge in [0.2, 0.25) is 0 Å². The van der Waals surface area contributed by atoms with Gasteiger partial charge in [-0.05, 0) is 43.1 Å². The summed E-state index contributed by atoms with van der Waals surface area (Å²) < 4.78 is 6.09. The number of aromatic nitrogens is 1. The molecule has 0 aliphatic carbocycles. The number of anilines is 2. The lowest BCUT2D eigenvalue weighted by Gasteiger charge is -2.28. The van der Waals surface area contributed by atoms with E-state index in [1.54, 1.807) is 6.20 Å². The summed E-state index contributed by atoms with van der Waals surface area (Å²) in [5.41, 5.74) is 9.52. The molecular weight excluding hydrogens is 348 g/mol. The van der Waals surface area contributed by atoms with Crippen LogP contribution in [0.2, 0.25) is 0 Å². The minimum Gasteiger partial charge on any atom is -0.383 e. The van der Waals surface area contributed by atoms with Crippen molar-refractivity contribution in [2.45, 2.75) is 32.1 Å². The fourth-order valence-corrected chi connectivity index (χ4v) is 3.70. The Balaban J connectivity index is 1.33. The minimum absolute atomic E-state index is 0.394. The molecule has 0 radical (unpaired) electrons. The fraction of sp³-hybridized carbons (Fsp3) is 0.348. The van der Waals surface area contributed by atoms with Crippen molar-refractivity contribution in [1.82, 2.24) is 9.88 Å². The molecule has 2 aromatic carbocycles. The molecule has 0 spiro atoms. The summed E-state index contributed by atoms with van der Waals surface area (Å²) >= 11 is 0. The van der Waals surface area contributed by atoms with E-state index >= 15 is 0 Å². The maximum absolute atomic E-state index is 6.09. The number of pyridine rings is 1. The molecule has 146 valence electrons. The van der Waals surface area contributed by atoms with Crippen LogP contribution in [0.4, 0.5) is 11.5 Å². The molecule has 1 aliphatic heterocycles. The molecule has 0 bridgehead atoms. The Morgan fingerprint density at radius 3 is 2.57 bits per heavy atom. The van der Waals surface area contributed by atoms with Gasteiger partial charge in [0, 0.05) is 42.3 Å². The number of benzene rings is 2. The Morgan fingerprint density at radius 1 is 1.04 bits per heavy atom. The molecule has 3 aromatic rings. The second-order valence-electron chi connectivity index (χ2n) is 7.58. The third-order valence-corrected chi connectivity index (χ3v) is 5.49. The molecule has 3 N–H and O–H groups in total. The summed E-state index contributed by atoms with van der Waals surface area (Å²) in [7, 11) is 2.17. The van der Waals surface area contributed by atoms with E-state index in [9.17, 15) is 0 Å². The van der Waals surface area contributed by atoms with Gasteiger partial charge in [0.25, 0.3) is 0 Å². The summed E-state index contributed by atoms with van der Waals surface area (Å²) in [6.45, 7) is 3.71. The standard InChI is InChI=1S/C23H28N4O/c1-27-13-10-19(11-14-27)28-16-18-7-5-17(6-8-18)15-26-22-4-2-3-21-20(22)9-12-25-23(21)24/h2-9,12,19,26H,10-11,13-16H2,1H3,(H2,24,25). The number of nitrogen functional groups attached to an aromatic ring is 1. The maximum Gasteiger partial charge on any atom is 0.131 e. The first-order valence-corrected chi connectivity index (χ1v) is 9.94. The van der Waals surface area contributed by atoms with Crippen molar-refractivity contribution in [2.75, 3.05) is 31.2 Å². The molecule has 0 unspecified atom stereocenters. The van der Waals surface area contributed by atoms with Gasteiger partial charge in [0.05, 0.1) is 12.7 Å². The summed E-state index contributed by atoms with van der Waals surface area (Å²) in [6, 6.07) is 16.7. The topological polar surface area (TPSA) is 63.4 Å². The lowest BCUT2D eigenvalue weighted by atomic mass is 10.1. The predicted molar refractivity (Wildman–Crippen MR) is 115 cm³/mol. The Kier molecular flexibility index (Phi) is 5.74. The number of piperidine rings is 1. The molecule has 4 rings (SSSR count). The summed E-state index contributed by atoms with van der Waals surface area (Å²) in [5, 5.41) is 5.60. The molecule has 1 fully saturated rings. The summed E-state index contributed by atoms with van der Waals surface area (Å²) in [4.78, 5) is 6.53. The maximum atomic E-state index is 6.09. The van der Waals surface area contributed by atoms with E-state index in [1.165, 1.54) is 11.1 Å². The van der Waals surface area contributed by atoms with Gasteiger partial charge in [0.1, 0.15) is 5.82 Å². The summed E-state index contributed by atoms with van der Waals surface area (Å²) in [6.07, 6.45) is 4.40. The first kappa shape index (κ1) is 18.7. The van der Waals surface area contributed by atoms with Crippen LogP contribution in [0.1, 0.15) is 24.0 Å². The highest BCUT2D eigenvalue weighted by molar-refractivity contribution is 5.99. The fourth-order valence-electron chi connectivity index (χ4n) is 3.70. The first-order chi connectivity index (χ1) is 13.7. The lowest BCUT2D eigenvalue weighted by molar-refractivity contribution is 0.00213. The van der Waals surface area contributed by atoms with Crippen molar-refractivity contribution in [1.29, 1.82) is 0 Å². The van der Waals surface area contributed by atoms with Gasteiger partial charge >= 0.3 is 0 Å². The van der Waals surface area contributed by atoms with Crippen molar-refractivity contribution in [3.8, 4) is 0 Å². The van der Waals surface area contributed by atoms with Crippen LogP contribution < -0.4 is 11.1 Å². The van der Waals surface area contributed by atoms with Gasteiger partial charge in [-0.25, -0.2) is 4.98 Å². The van der Waals surface area contributed by atoms with Crippen LogP contribution in [0.5, 0.6) is 0 Å². The number of hydrogen-bond donors (Lipinski definition) is 2. The third kappa shape index (κ3) is 4.43. The van der Waals surface area contributed by atoms with Crippen LogP contribution in [0, 0.1) is 0 Å². The number of nitrogens with two attached hydrogens (primary N) is 1. The van der Waals surface area contributed by atoms with E-state index in [1.807, 2.05) is 18.2 Å². The zero-order chi connectivity index (χ0) is 19.3. The predicted octanol–water partition coefficient (Wildman–Crippen LogP) is 4.04. The van der Waals surface area contributed by atoms with Crippen molar-refractivity contribution in [3.05, 3.63) is 65.9 Å². The molecule has 1 saturated heterocycles. The number of likely N-dealkylation sites (tertiary alicyclic amines) is 1. The number of nitrogens with one attached hydrogen (secondary N) is 1. The smallest absolute Gasteiger partial charge is 0.131 e. The van der Waals surface area contributed by atoms with Crippen molar-refractivity contribution in [2.24, 2.45) is 0 Å². The van der Waals surface area contributed by atoms with Gasteiger partial charge in [-0.1, -0.05) is 36.4 Å². The molecule has 2 heterocycles. The second kappa shape index (κ2) is 8.59. The molecule has 28 heavy (non-hydrogen) atoms. The van der Waals surface area contributed by atoms with E-state index in [2.05, 4.69) is 52.6 Å². The average molecular weight is 377 g/mol. The van der Waals surface area contributed by atoms with Gasteiger partial charge in [-0.2, -0.15) is 0 Å². The van der Waals surface area contributed by atoms with Crippen LogP contribution in [0.25, 0.3) is 10.8 Å². The Hall–Kier alpha value is -2.63. The quantitative estimate of drug-likeness (QED) is 0.680. The molecular formula is C23H28N4O. The molecule has 1 aliphatic rings. The van der Waals surface area contributed by atoms with Crippen LogP contribution in [0.3, 0.4) is 0 Å². The van der Waals surface area contributed by atoms with Crippen LogP contribution in [-0.2, 0) is 17.9 Å². The molecule has 5 nitrogen and oxygen atoms in total. The average Bonchev–Trinajstić information content (AvgIpc) is 2.73. The molecule has 0 saturated carbocycles. The van der Waals surface area contributed by atoms with E-state index < -0.39 is 0 Å². The third-order valence-electron chi connectivity index (χ3n) is 5.49. The zero-order valence-corrected chi connectivity index (χ0v) is 16.4. The minimum atomic E-state index is 0.394. The van der Waals surface area contributed by atoms with E-state index in [0.717, 1.165) is 48.9 Å². The van der Waals surface area contributed by atoms with Crippen molar-refractivity contribution in [3.63, 3.8) is 0 Å².